The van der Waals surface area contributed by atoms with Crippen molar-refractivity contribution in [1.82, 2.24) is 10.2 Å². The summed E-state index contributed by atoms with van der Waals surface area (Å²) in [6.45, 7) is 1.35. The number of anilines is 1. The Morgan fingerprint density at radius 1 is 1.00 bits per heavy atom. The Balaban J connectivity index is 2.07. The van der Waals surface area contributed by atoms with E-state index in [9.17, 15) is 22.4 Å². The second kappa shape index (κ2) is 13.8. The van der Waals surface area contributed by atoms with Crippen LogP contribution in [0.5, 0.6) is 0 Å². The highest BCUT2D eigenvalue weighted by Crippen LogP contribution is 2.30. The number of hydrogen-bond donors (Lipinski definition) is 1. The summed E-state index contributed by atoms with van der Waals surface area (Å²) < 4.78 is 41.2. The normalized spacial score (nSPS) is 12.0. The van der Waals surface area contributed by atoms with Gasteiger partial charge in [-0.1, -0.05) is 78.7 Å². The molecule has 2 amide bonds. The molecule has 0 bridgehead atoms. The molecule has 1 atom stereocenters. The fourth-order valence-electron chi connectivity index (χ4n) is 4.01. The summed E-state index contributed by atoms with van der Waals surface area (Å²) >= 11 is 12.3. The molecule has 0 spiro atoms. The van der Waals surface area contributed by atoms with Gasteiger partial charge in [-0.05, 0) is 36.2 Å². The van der Waals surface area contributed by atoms with Crippen LogP contribution >= 0.6 is 23.2 Å². The maximum atomic E-state index is 14.7. The van der Waals surface area contributed by atoms with E-state index in [0.717, 1.165) is 16.1 Å². The average molecular weight is 595 g/mol. The molecule has 3 aromatic carbocycles. The van der Waals surface area contributed by atoms with Crippen molar-refractivity contribution >= 4 is 50.7 Å². The van der Waals surface area contributed by atoms with Gasteiger partial charge in [0, 0.05) is 30.1 Å². The first-order valence-electron chi connectivity index (χ1n) is 12.3. The van der Waals surface area contributed by atoms with Crippen molar-refractivity contribution in [2.45, 2.75) is 32.4 Å². The molecule has 11 heteroatoms. The lowest BCUT2D eigenvalue weighted by Gasteiger charge is -2.33. The lowest BCUT2D eigenvalue weighted by molar-refractivity contribution is -0.140. The van der Waals surface area contributed by atoms with Gasteiger partial charge in [-0.3, -0.25) is 13.9 Å². The van der Waals surface area contributed by atoms with Gasteiger partial charge in [0.1, 0.15) is 18.4 Å². The van der Waals surface area contributed by atoms with Gasteiger partial charge in [0.05, 0.1) is 17.0 Å². The number of nitrogens with one attached hydrogen (secondary N) is 1. The molecule has 0 saturated carbocycles. The zero-order valence-corrected chi connectivity index (χ0v) is 23.9. The Morgan fingerprint density at radius 2 is 1.67 bits per heavy atom. The SMILES string of the molecule is CCCNC(=O)C(Cc1ccccc1)N(Cc1ccccc1F)C(=O)CN(c1ccc(Cl)cc1Cl)S(C)(=O)=O. The zero-order chi connectivity index (χ0) is 28.6. The van der Waals surface area contributed by atoms with Crippen molar-refractivity contribution in [3.8, 4) is 0 Å². The zero-order valence-electron chi connectivity index (χ0n) is 21.6. The van der Waals surface area contributed by atoms with E-state index >= 15 is 0 Å². The number of hydrogen-bond acceptors (Lipinski definition) is 4. The second-order valence-corrected chi connectivity index (χ2v) is 11.7. The van der Waals surface area contributed by atoms with E-state index in [0.29, 0.717) is 18.0 Å². The van der Waals surface area contributed by atoms with Gasteiger partial charge in [-0.25, -0.2) is 12.8 Å². The second-order valence-electron chi connectivity index (χ2n) is 8.97. The van der Waals surface area contributed by atoms with E-state index in [1.165, 1.54) is 41.3 Å². The van der Waals surface area contributed by atoms with Gasteiger partial charge in [0.25, 0.3) is 0 Å². The number of benzene rings is 3. The lowest BCUT2D eigenvalue weighted by atomic mass is 10.0. The lowest BCUT2D eigenvalue weighted by Crippen LogP contribution is -2.53. The highest BCUT2D eigenvalue weighted by molar-refractivity contribution is 7.92. The molecule has 0 heterocycles. The fraction of sp³-hybridized carbons (Fsp3) is 0.286. The van der Waals surface area contributed by atoms with E-state index in [4.69, 9.17) is 23.2 Å². The topological polar surface area (TPSA) is 86.8 Å². The summed E-state index contributed by atoms with van der Waals surface area (Å²) in [5, 5.41) is 3.15. The minimum Gasteiger partial charge on any atom is -0.354 e. The highest BCUT2D eigenvalue weighted by atomic mass is 35.5. The molecule has 1 unspecified atom stereocenters. The highest BCUT2D eigenvalue weighted by Gasteiger charge is 2.33. The van der Waals surface area contributed by atoms with Crippen LogP contribution in [-0.4, -0.2) is 50.5 Å². The van der Waals surface area contributed by atoms with Crippen molar-refractivity contribution < 1.29 is 22.4 Å². The summed E-state index contributed by atoms with van der Waals surface area (Å²) in [5.41, 5.74) is 1.02. The van der Waals surface area contributed by atoms with Crippen LogP contribution in [0.25, 0.3) is 0 Å². The van der Waals surface area contributed by atoms with Gasteiger partial charge in [0.15, 0.2) is 0 Å². The van der Waals surface area contributed by atoms with Crippen LogP contribution in [0.15, 0.2) is 72.8 Å². The third kappa shape index (κ3) is 8.42. The quantitative estimate of drug-likeness (QED) is 0.318. The predicted octanol–water partition coefficient (Wildman–Crippen LogP) is 5.06. The monoisotopic (exact) mass is 593 g/mol. The molecule has 0 aliphatic rings. The van der Waals surface area contributed by atoms with E-state index in [1.807, 2.05) is 37.3 Å². The Kier molecular flexibility index (Phi) is 10.7. The molecule has 0 fully saturated rings. The summed E-state index contributed by atoms with van der Waals surface area (Å²) in [4.78, 5) is 28.6. The maximum absolute atomic E-state index is 14.7. The molecule has 3 aromatic rings. The number of amides is 2. The van der Waals surface area contributed by atoms with Gasteiger partial charge >= 0.3 is 0 Å². The molecule has 0 aliphatic heterocycles. The van der Waals surface area contributed by atoms with Crippen LogP contribution in [0.1, 0.15) is 24.5 Å². The van der Waals surface area contributed by atoms with Crippen molar-refractivity contribution in [1.29, 1.82) is 0 Å². The third-order valence-electron chi connectivity index (χ3n) is 5.98. The smallest absolute Gasteiger partial charge is 0.244 e. The molecule has 208 valence electrons. The molecule has 39 heavy (non-hydrogen) atoms. The van der Waals surface area contributed by atoms with Crippen molar-refractivity contribution in [2.75, 3.05) is 23.7 Å². The Hall–Kier alpha value is -3.14. The minimum atomic E-state index is -4.00. The molecule has 3 rings (SSSR count). The van der Waals surface area contributed by atoms with E-state index in [-0.39, 0.29) is 29.2 Å². The molecule has 0 radical (unpaired) electrons. The molecule has 0 aromatic heterocycles. The summed E-state index contributed by atoms with van der Waals surface area (Å²) in [6, 6.07) is 18.2. The molecular weight excluding hydrogens is 564 g/mol. The fourth-order valence-corrected chi connectivity index (χ4v) is 5.43. The van der Waals surface area contributed by atoms with E-state index in [2.05, 4.69) is 5.32 Å². The average Bonchev–Trinajstić information content (AvgIpc) is 2.89. The molecule has 7 nitrogen and oxygen atoms in total. The van der Waals surface area contributed by atoms with Crippen molar-refractivity contribution in [3.63, 3.8) is 0 Å². The summed E-state index contributed by atoms with van der Waals surface area (Å²) in [5.74, 6) is -1.69. The number of nitrogens with zero attached hydrogens (tertiary/aromatic N) is 2. The minimum absolute atomic E-state index is 0.0305. The van der Waals surface area contributed by atoms with Gasteiger partial charge in [-0.2, -0.15) is 0 Å². The van der Waals surface area contributed by atoms with E-state index < -0.39 is 40.2 Å². The molecule has 0 saturated heterocycles. The first kappa shape index (κ1) is 30.4. The Bertz CT molecular complexity index is 1410. The largest absolute Gasteiger partial charge is 0.354 e. The van der Waals surface area contributed by atoms with Crippen LogP contribution in [0.2, 0.25) is 10.0 Å². The van der Waals surface area contributed by atoms with Crippen LogP contribution in [-0.2, 0) is 32.6 Å². The first-order valence-corrected chi connectivity index (χ1v) is 14.9. The summed E-state index contributed by atoms with van der Waals surface area (Å²) in [7, 11) is -4.00. The maximum Gasteiger partial charge on any atom is 0.244 e. The number of sulfonamides is 1. The summed E-state index contributed by atoms with van der Waals surface area (Å²) in [6.07, 6.45) is 1.75. The van der Waals surface area contributed by atoms with Gasteiger partial charge in [-0.15, -0.1) is 0 Å². The van der Waals surface area contributed by atoms with Crippen LogP contribution < -0.4 is 9.62 Å². The van der Waals surface area contributed by atoms with Crippen LogP contribution in [0.4, 0.5) is 10.1 Å². The molecule has 0 aliphatic carbocycles. The molecule has 1 N–H and O–H groups in total. The number of halogens is 3. The van der Waals surface area contributed by atoms with Gasteiger partial charge in [0.2, 0.25) is 21.8 Å². The van der Waals surface area contributed by atoms with Crippen LogP contribution in [0, 0.1) is 5.82 Å². The number of carbonyl (C=O) groups excluding carboxylic acids is 2. The number of carbonyl (C=O) groups is 2. The first-order chi connectivity index (χ1) is 18.5. The Morgan fingerprint density at radius 3 is 2.28 bits per heavy atom. The van der Waals surface area contributed by atoms with Crippen molar-refractivity contribution in [3.05, 3.63) is 99.8 Å². The predicted molar refractivity (Wildman–Crippen MR) is 153 cm³/mol. The standard InChI is InChI=1S/C28H30Cl2FN3O4S/c1-3-15-32-28(36)26(16-20-9-5-4-6-10-20)33(18-21-11-7-8-12-24(21)31)27(35)19-34(39(2,37)38)25-14-13-22(29)17-23(25)30/h4-14,17,26H,3,15-16,18-19H2,1-2H3,(H,32,36). The van der Waals surface area contributed by atoms with Crippen LogP contribution in [0.3, 0.4) is 0 Å². The molecular formula is C28H30Cl2FN3O4S. The van der Waals surface area contributed by atoms with E-state index in [1.54, 1.807) is 6.07 Å². The van der Waals surface area contributed by atoms with Gasteiger partial charge < -0.3 is 10.2 Å². The third-order valence-corrected chi connectivity index (χ3v) is 7.64. The Labute approximate surface area is 238 Å². The van der Waals surface area contributed by atoms with Crippen molar-refractivity contribution in [2.24, 2.45) is 0 Å². The number of rotatable bonds is 12.